The van der Waals surface area contributed by atoms with Crippen LogP contribution in [0.15, 0.2) is 70.2 Å². The largest absolute Gasteiger partial charge is 0.468 e. The van der Waals surface area contributed by atoms with Gasteiger partial charge in [0.1, 0.15) is 5.76 Å². The first-order valence-electron chi connectivity index (χ1n) is 9.02. The zero-order valence-corrected chi connectivity index (χ0v) is 16.7. The normalized spacial score (nSPS) is 11.4. The minimum atomic E-state index is -3.93. The van der Waals surface area contributed by atoms with Crippen molar-refractivity contribution in [2.45, 2.75) is 24.2 Å². The number of sulfonamides is 1. The highest BCUT2D eigenvalue weighted by molar-refractivity contribution is 7.89. The number of hydrogen-bond acceptors (Lipinski definition) is 5. The number of amides is 1. The van der Waals surface area contributed by atoms with E-state index >= 15 is 0 Å². The molecule has 2 aromatic carbocycles. The van der Waals surface area contributed by atoms with Crippen LogP contribution >= 0.6 is 0 Å². The molecule has 0 saturated carbocycles. The zero-order chi connectivity index (χ0) is 21.0. The number of nitrogens with two attached hydrogens (primary N) is 1. The zero-order valence-electron chi connectivity index (χ0n) is 15.9. The fourth-order valence-electron chi connectivity index (χ4n) is 3.20. The van der Waals surface area contributed by atoms with Crippen molar-refractivity contribution in [3.8, 4) is 22.3 Å². The van der Waals surface area contributed by atoms with Crippen molar-refractivity contribution in [3.05, 3.63) is 66.6 Å². The van der Waals surface area contributed by atoms with E-state index in [9.17, 15) is 18.4 Å². The molecular formula is C21H22N2O5S. The molecule has 152 valence electrons. The highest BCUT2D eigenvalue weighted by Gasteiger charge is 2.22. The highest BCUT2D eigenvalue weighted by atomic mass is 32.2. The smallest absolute Gasteiger partial charge is 0.245 e. The molecule has 29 heavy (non-hydrogen) atoms. The van der Waals surface area contributed by atoms with Crippen LogP contribution in [-0.4, -0.2) is 31.6 Å². The van der Waals surface area contributed by atoms with Crippen molar-refractivity contribution in [1.29, 1.82) is 0 Å². The molecule has 0 aliphatic carbocycles. The first-order valence-corrected chi connectivity index (χ1v) is 10.6. The second kappa shape index (κ2) is 8.60. The molecule has 1 amide bonds. The van der Waals surface area contributed by atoms with Gasteiger partial charge in [-0.05, 0) is 18.1 Å². The minimum Gasteiger partial charge on any atom is -0.468 e. The van der Waals surface area contributed by atoms with Crippen LogP contribution < -0.4 is 5.14 Å². The molecule has 0 fully saturated rings. The lowest BCUT2D eigenvalue weighted by molar-refractivity contribution is -0.159. The summed E-state index contributed by atoms with van der Waals surface area (Å²) in [4.78, 5) is 11.6. The minimum absolute atomic E-state index is 0.0154. The third-order valence-corrected chi connectivity index (χ3v) is 5.54. The Bertz CT molecular complexity index is 1110. The predicted octanol–water partition coefficient (Wildman–Crippen LogP) is 3.43. The number of rotatable bonds is 7. The molecule has 0 aliphatic heterocycles. The Kier molecular flexibility index (Phi) is 6.17. The maximum Gasteiger partial charge on any atom is 0.245 e. The molecule has 3 N–H and O–H groups in total. The summed E-state index contributed by atoms with van der Waals surface area (Å²) in [7, 11) is -2.64. The molecule has 0 atom stereocenters. The van der Waals surface area contributed by atoms with Crippen molar-refractivity contribution in [2.24, 2.45) is 5.14 Å². The lowest BCUT2D eigenvalue weighted by atomic mass is 9.95. The fraction of sp³-hybridized carbons (Fsp3) is 0.190. The molecule has 1 aromatic heterocycles. The fourth-order valence-corrected chi connectivity index (χ4v) is 3.95. The van der Waals surface area contributed by atoms with Gasteiger partial charge in [0, 0.05) is 36.6 Å². The molecule has 0 aliphatic rings. The molecule has 3 rings (SSSR count). The van der Waals surface area contributed by atoms with Gasteiger partial charge in [0.15, 0.2) is 0 Å². The summed E-state index contributed by atoms with van der Waals surface area (Å²) in [6.45, 7) is 0. The Hall–Kier alpha value is -2.94. The summed E-state index contributed by atoms with van der Waals surface area (Å²) in [5.41, 5.74) is 2.68. The number of hydrogen-bond donors (Lipinski definition) is 2. The van der Waals surface area contributed by atoms with Crippen LogP contribution in [0.3, 0.4) is 0 Å². The van der Waals surface area contributed by atoms with Gasteiger partial charge in [0.2, 0.25) is 15.9 Å². The van der Waals surface area contributed by atoms with Crippen LogP contribution in [0.1, 0.15) is 18.6 Å². The van der Waals surface area contributed by atoms with Crippen molar-refractivity contribution in [3.63, 3.8) is 0 Å². The maximum atomic E-state index is 12.1. The molecule has 0 saturated heterocycles. The van der Waals surface area contributed by atoms with E-state index in [1.54, 1.807) is 18.2 Å². The summed E-state index contributed by atoms with van der Waals surface area (Å²) in [5.74, 6) is 0.237. The van der Waals surface area contributed by atoms with E-state index in [0.29, 0.717) is 34.8 Å². The number of aryl methyl sites for hydroxylation is 1. The molecule has 7 nitrogen and oxygen atoms in total. The van der Waals surface area contributed by atoms with E-state index in [2.05, 4.69) is 0 Å². The van der Waals surface area contributed by atoms with Gasteiger partial charge in [-0.15, -0.1) is 0 Å². The maximum absolute atomic E-state index is 12.1. The lowest BCUT2D eigenvalue weighted by Gasteiger charge is -2.10. The first kappa shape index (κ1) is 20.8. The van der Waals surface area contributed by atoms with Crippen LogP contribution in [0.5, 0.6) is 0 Å². The van der Waals surface area contributed by atoms with Crippen molar-refractivity contribution >= 4 is 15.9 Å². The van der Waals surface area contributed by atoms with Crippen LogP contribution in [0, 0.1) is 0 Å². The van der Waals surface area contributed by atoms with E-state index < -0.39 is 15.9 Å². The molecule has 8 heteroatoms. The van der Waals surface area contributed by atoms with Crippen LogP contribution in [0.2, 0.25) is 0 Å². The molecule has 3 aromatic rings. The van der Waals surface area contributed by atoms with Crippen molar-refractivity contribution in [2.75, 3.05) is 7.05 Å². The van der Waals surface area contributed by atoms with Gasteiger partial charge in [-0.2, -0.15) is 0 Å². The topological polar surface area (TPSA) is 114 Å². The second-order valence-electron chi connectivity index (χ2n) is 6.63. The van der Waals surface area contributed by atoms with E-state index in [4.69, 9.17) is 9.56 Å². The number of carbonyl (C=O) groups excluding carboxylic acids is 1. The van der Waals surface area contributed by atoms with Crippen molar-refractivity contribution < 1.29 is 22.8 Å². The monoisotopic (exact) mass is 414 g/mol. The number of benzene rings is 2. The van der Waals surface area contributed by atoms with E-state index in [0.717, 1.165) is 11.1 Å². The van der Waals surface area contributed by atoms with E-state index in [1.165, 1.54) is 19.4 Å². The summed E-state index contributed by atoms with van der Waals surface area (Å²) < 4.78 is 29.9. The molecular weight excluding hydrogens is 392 g/mol. The second-order valence-corrected chi connectivity index (χ2v) is 8.16. The number of nitrogens with zero attached hydrogens (tertiary/aromatic N) is 1. The van der Waals surface area contributed by atoms with Gasteiger partial charge < -0.3 is 4.42 Å². The molecule has 0 spiro atoms. The molecule has 0 unspecified atom stereocenters. The number of carbonyl (C=O) groups is 1. The van der Waals surface area contributed by atoms with Crippen molar-refractivity contribution in [1.82, 2.24) is 5.06 Å². The van der Waals surface area contributed by atoms with Gasteiger partial charge in [0.05, 0.1) is 11.2 Å². The third-order valence-electron chi connectivity index (χ3n) is 4.57. The Labute approximate surface area is 169 Å². The third kappa shape index (κ3) is 4.73. The Morgan fingerprint density at radius 2 is 1.72 bits per heavy atom. The summed E-state index contributed by atoms with van der Waals surface area (Å²) >= 11 is 0. The predicted molar refractivity (Wildman–Crippen MR) is 108 cm³/mol. The number of primary sulfonamides is 1. The van der Waals surface area contributed by atoms with E-state index in [1.807, 2.05) is 30.3 Å². The van der Waals surface area contributed by atoms with Gasteiger partial charge in [-0.1, -0.05) is 48.5 Å². The molecule has 0 radical (unpaired) electrons. The van der Waals surface area contributed by atoms with Crippen LogP contribution in [0.4, 0.5) is 0 Å². The van der Waals surface area contributed by atoms with Gasteiger partial charge in [-0.25, -0.2) is 18.6 Å². The number of furan rings is 1. The summed E-state index contributed by atoms with van der Waals surface area (Å²) in [6.07, 6.45) is 2.58. The Morgan fingerprint density at radius 3 is 2.38 bits per heavy atom. The standard InChI is InChI=1S/C21H22N2O5S/c1-23(25)20(24)13-7-11-18-21(15-8-3-2-4-9-15)17(14-28-18)16-10-5-6-12-19(16)29(22,26)27/h2-6,8-10,12,14,25H,7,11,13H2,1H3,(H2,22,26,27). The molecule has 0 bridgehead atoms. The summed E-state index contributed by atoms with van der Waals surface area (Å²) in [5, 5.41) is 15.2. The molecule has 1 heterocycles. The Morgan fingerprint density at radius 1 is 1.07 bits per heavy atom. The lowest BCUT2D eigenvalue weighted by Crippen LogP contribution is -2.22. The van der Waals surface area contributed by atoms with Gasteiger partial charge in [0.25, 0.3) is 0 Å². The van der Waals surface area contributed by atoms with Crippen LogP contribution in [-0.2, 0) is 21.2 Å². The average molecular weight is 414 g/mol. The summed E-state index contributed by atoms with van der Waals surface area (Å²) in [6, 6.07) is 16.0. The average Bonchev–Trinajstić information content (AvgIpc) is 3.11. The van der Waals surface area contributed by atoms with Gasteiger partial charge >= 0.3 is 0 Å². The first-order chi connectivity index (χ1) is 13.8. The Balaban J connectivity index is 2.06. The number of hydroxylamine groups is 2. The SMILES string of the molecule is CN(O)C(=O)CCCc1occ(-c2ccccc2S(N)(=O)=O)c1-c1ccccc1. The van der Waals surface area contributed by atoms with Gasteiger partial charge in [-0.3, -0.25) is 10.0 Å². The quantitative estimate of drug-likeness (QED) is 0.454. The van der Waals surface area contributed by atoms with E-state index in [-0.39, 0.29) is 11.3 Å². The highest BCUT2D eigenvalue weighted by Crippen LogP contribution is 2.39. The van der Waals surface area contributed by atoms with Crippen LogP contribution in [0.25, 0.3) is 22.3 Å².